The van der Waals surface area contributed by atoms with E-state index in [2.05, 4.69) is 36.8 Å². The molecular weight excluding hydrogens is 348 g/mol. The van der Waals surface area contributed by atoms with Gasteiger partial charge in [-0.15, -0.1) is 10.2 Å². The van der Waals surface area contributed by atoms with Gasteiger partial charge in [0, 0.05) is 10.2 Å². The topological polar surface area (TPSA) is 104 Å². The number of aromatic carboxylic acids is 1. The molecule has 0 aliphatic rings. The summed E-state index contributed by atoms with van der Waals surface area (Å²) < 4.78 is 0.555. The van der Waals surface area contributed by atoms with Crippen LogP contribution < -0.4 is 10.6 Å². The summed E-state index contributed by atoms with van der Waals surface area (Å²) in [7, 11) is 0. The first-order chi connectivity index (χ1) is 9.44. The lowest BCUT2D eigenvalue weighted by Gasteiger charge is -2.06. The molecule has 0 bridgehead atoms. The number of anilines is 2. The number of carboxylic acids is 1. The van der Waals surface area contributed by atoms with E-state index in [0.717, 1.165) is 5.01 Å². The van der Waals surface area contributed by atoms with Gasteiger partial charge in [0.2, 0.25) is 5.13 Å². The van der Waals surface area contributed by atoms with E-state index < -0.39 is 12.0 Å². The maximum absolute atomic E-state index is 11.7. The number of urea groups is 1. The highest BCUT2D eigenvalue weighted by molar-refractivity contribution is 9.10. The van der Waals surface area contributed by atoms with Gasteiger partial charge in [-0.1, -0.05) is 27.3 Å². The molecule has 0 aliphatic carbocycles. The highest BCUT2D eigenvalue weighted by atomic mass is 79.9. The van der Waals surface area contributed by atoms with E-state index in [-0.39, 0.29) is 5.56 Å². The molecule has 3 N–H and O–H groups in total. The number of hydrogen-bond acceptors (Lipinski definition) is 5. The molecule has 1 aromatic carbocycles. The highest BCUT2D eigenvalue weighted by Gasteiger charge is 2.10. The SMILES string of the molecule is Cc1nnc(NC(=O)Nc2cc(Br)cc(C(=O)O)c2)s1. The van der Waals surface area contributed by atoms with Crippen LogP contribution in [0.2, 0.25) is 0 Å². The number of rotatable bonds is 3. The number of aryl methyl sites for hydroxylation is 1. The molecule has 0 saturated heterocycles. The molecule has 7 nitrogen and oxygen atoms in total. The normalized spacial score (nSPS) is 10.1. The minimum absolute atomic E-state index is 0.0708. The van der Waals surface area contributed by atoms with Gasteiger partial charge < -0.3 is 10.4 Å². The van der Waals surface area contributed by atoms with Crippen LogP contribution in [0.3, 0.4) is 0 Å². The van der Waals surface area contributed by atoms with Crippen LogP contribution in [0.1, 0.15) is 15.4 Å². The van der Waals surface area contributed by atoms with Crippen LogP contribution in [0.25, 0.3) is 0 Å². The minimum Gasteiger partial charge on any atom is -0.478 e. The zero-order chi connectivity index (χ0) is 14.7. The van der Waals surface area contributed by atoms with Gasteiger partial charge >= 0.3 is 12.0 Å². The average Bonchev–Trinajstić information content (AvgIpc) is 2.73. The summed E-state index contributed by atoms with van der Waals surface area (Å²) in [5, 5.41) is 22.6. The third kappa shape index (κ3) is 3.75. The molecule has 2 aromatic rings. The zero-order valence-electron chi connectivity index (χ0n) is 10.2. The van der Waals surface area contributed by atoms with E-state index in [0.29, 0.717) is 15.3 Å². The smallest absolute Gasteiger partial charge is 0.335 e. The fraction of sp³-hybridized carbons (Fsp3) is 0.0909. The van der Waals surface area contributed by atoms with Crippen molar-refractivity contribution in [3.05, 3.63) is 33.2 Å². The first-order valence-electron chi connectivity index (χ1n) is 5.36. The van der Waals surface area contributed by atoms with Gasteiger partial charge in [-0.2, -0.15) is 0 Å². The Morgan fingerprint density at radius 2 is 2.00 bits per heavy atom. The number of carbonyl (C=O) groups excluding carboxylic acids is 1. The molecule has 0 unspecified atom stereocenters. The number of benzene rings is 1. The molecule has 0 fully saturated rings. The maximum atomic E-state index is 11.7. The number of carbonyl (C=O) groups is 2. The lowest BCUT2D eigenvalue weighted by atomic mass is 10.2. The van der Waals surface area contributed by atoms with Gasteiger partial charge in [0.05, 0.1) is 5.56 Å². The molecule has 0 aliphatic heterocycles. The Morgan fingerprint density at radius 3 is 2.60 bits per heavy atom. The number of nitrogens with one attached hydrogen (secondary N) is 2. The highest BCUT2D eigenvalue weighted by Crippen LogP contribution is 2.20. The van der Waals surface area contributed by atoms with Crippen LogP contribution in [0.5, 0.6) is 0 Å². The summed E-state index contributed by atoms with van der Waals surface area (Å²) in [6.45, 7) is 1.77. The number of halogens is 1. The van der Waals surface area contributed by atoms with Gasteiger partial charge in [0.25, 0.3) is 0 Å². The molecule has 2 rings (SSSR count). The first kappa shape index (κ1) is 14.4. The van der Waals surface area contributed by atoms with Gasteiger partial charge in [-0.05, 0) is 25.1 Å². The first-order valence-corrected chi connectivity index (χ1v) is 6.97. The van der Waals surface area contributed by atoms with Crippen molar-refractivity contribution in [2.24, 2.45) is 0 Å². The van der Waals surface area contributed by atoms with Gasteiger partial charge in [-0.3, -0.25) is 5.32 Å². The third-order valence-electron chi connectivity index (χ3n) is 2.15. The molecule has 104 valence electrons. The van der Waals surface area contributed by atoms with Crippen molar-refractivity contribution in [3.63, 3.8) is 0 Å². The van der Waals surface area contributed by atoms with Crippen molar-refractivity contribution in [3.8, 4) is 0 Å². The largest absolute Gasteiger partial charge is 0.478 e. The van der Waals surface area contributed by atoms with Crippen molar-refractivity contribution in [2.45, 2.75) is 6.92 Å². The van der Waals surface area contributed by atoms with Crippen molar-refractivity contribution >= 4 is 50.1 Å². The predicted octanol–water partition coefficient (Wildman–Crippen LogP) is 2.95. The summed E-state index contributed by atoms with van der Waals surface area (Å²) in [5.41, 5.74) is 0.428. The van der Waals surface area contributed by atoms with Crippen molar-refractivity contribution < 1.29 is 14.7 Å². The predicted molar refractivity (Wildman–Crippen MR) is 78.4 cm³/mol. The fourth-order valence-corrected chi connectivity index (χ4v) is 2.47. The van der Waals surface area contributed by atoms with Crippen LogP contribution in [-0.2, 0) is 0 Å². The Bertz CT molecular complexity index is 673. The van der Waals surface area contributed by atoms with Crippen LogP contribution in [-0.4, -0.2) is 27.3 Å². The Morgan fingerprint density at radius 1 is 1.25 bits per heavy atom. The third-order valence-corrected chi connectivity index (χ3v) is 3.36. The van der Waals surface area contributed by atoms with Gasteiger partial charge in [0.15, 0.2) is 0 Å². The molecule has 1 aromatic heterocycles. The quantitative estimate of drug-likeness (QED) is 0.784. The number of hydrogen-bond donors (Lipinski definition) is 3. The Hall–Kier alpha value is -2.00. The van der Waals surface area contributed by atoms with E-state index >= 15 is 0 Å². The van der Waals surface area contributed by atoms with Crippen LogP contribution in [0.4, 0.5) is 15.6 Å². The lowest BCUT2D eigenvalue weighted by Crippen LogP contribution is -2.19. The second kappa shape index (κ2) is 5.97. The molecule has 0 radical (unpaired) electrons. The molecular formula is C11H9BrN4O3S. The molecule has 0 atom stereocenters. The van der Waals surface area contributed by atoms with Crippen LogP contribution in [0.15, 0.2) is 22.7 Å². The lowest BCUT2D eigenvalue weighted by molar-refractivity contribution is 0.0697. The minimum atomic E-state index is -1.07. The zero-order valence-corrected chi connectivity index (χ0v) is 12.6. The molecule has 2 amide bonds. The summed E-state index contributed by atoms with van der Waals surface area (Å²) in [5.74, 6) is -1.07. The van der Waals surface area contributed by atoms with Crippen LogP contribution >= 0.6 is 27.3 Å². The van der Waals surface area contributed by atoms with Crippen molar-refractivity contribution in [2.75, 3.05) is 10.6 Å². The molecule has 1 heterocycles. The Kier molecular flexibility index (Phi) is 4.30. The van der Waals surface area contributed by atoms with Gasteiger partial charge in [-0.25, -0.2) is 9.59 Å². The maximum Gasteiger partial charge on any atom is 0.335 e. The second-order valence-electron chi connectivity index (χ2n) is 3.74. The van der Waals surface area contributed by atoms with E-state index in [9.17, 15) is 9.59 Å². The monoisotopic (exact) mass is 356 g/mol. The standard InChI is InChI=1S/C11H9BrN4O3S/c1-5-15-16-11(20-5)14-10(19)13-8-3-6(9(17)18)2-7(12)4-8/h2-4H,1H3,(H,17,18)(H2,13,14,16,19). The summed E-state index contributed by atoms with van der Waals surface area (Å²) in [4.78, 5) is 22.7. The molecule has 0 saturated carbocycles. The fourth-order valence-electron chi connectivity index (χ4n) is 1.39. The molecule has 0 spiro atoms. The van der Waals surface area contributed by atoms with Gasteiger partial charge in [0.1, 0.15) is 5.01 Å². The van der Waals surface area contributed by atoms with Crippen molar-refractivity contribution in [1.82, 2.24) is 10.2 Å². The van der Waals surface area contributed by atoms with E-state index in [4.69, 9.17) is 5.11 Å². The number of amides is 2. The summed E-state index contributed by atoms with van der Waals surface area (Å²) in [6.07, 6.45) is 0. The van der Waals surface area contributed by atoms with Crippen LogP contribution in [0, 0.1) is 6.92 Å². The Balaban J connectivity index is 2.09. The van der Waals surface area contributed by atoms with E-state index in [1.807, 2.05) is 0 Å². The van der Waals surface area contributed by atoms with E-state index in [1.165, 1.54) is 23.5 Å². The average molecular weight is 357 g/mol. The van der Waals surface area contributed by atoms with Crippen molar-refractivity contribution in [1.29, 1.82) is 0 Å². The number of aromatic nitrogens is 2. The van der Waals surface area contributed by atoms with E-state index in [1.54, 1.807) is 13.0 Å². The second-order valence-corrected chi connectivity index (χ2v) is 5.84. The number of carboxylic acid groups (broad SMARTS) is 1. The Labute approximate surface area is 126 Å². The summed E-state index contributed by atoms with van der Waals surface area (Å²) in [6, 6.07) is 3.88. The summed E-state index contributed by atoms with van der Waals surface area (Å²) >= 11 is 4.43. The molecule has 20 heavy (non-hydrogen) atoms. The number of nitrogens with zero attached hydrogens (tertiary/aromatic N) is 2. The molecule has 9 heteroatoms.